The fraction of sp³-hybridized carbons (Fsp3) is 0.105. The molecule has 1 aliphatic rings. The first kappa shape index (κ1) is 11.4. The number of pyridine rings is 1. The predicted octanol–water partition coefficient (Wildman–Crippen LogP) is 5.00. The van der Waals surface area contributed by atoms with Crippen LogP contribution in [0.5, 0.6) is 0 Å². The summed E-state index contributed by atoms with van der Waals surface area (Å²) in [7, 11) is 0. The third kappa shape index (κ3) is 1.47. The summed E-state index contributed by atoms with van der Waals surface area (Å²) in [4.78, 5) is 4.91. The molecular formula is C19H15N. The quantitative estimate of drug-likeness (QED) is 0.467. The highest BCUT2D eigenvalue weighted by molar-refractivity contribution is 6.06. The van der Waals surface area contributed by atoms with Crippen LogP contribution in [-0.4, -0.2) is 4.98 Å². The molecule has 0 N–H and O–H groups in total. The van der Waals surface area contributed by atoms with E-state index < -0.39 is 0 Å². The molecule has 1 heterocycles. The van der Waals surface area contributed by atoms with Gasteiger partial charge >= 0.3 is 0 Å². The Bertz CT molecular complexity index is 858. The van der Waals surface area contributed by atoms with E-state index in [1.807, 2.05) is 6.07 Å². The molecule has 0 aliphatic heterocycles. The lowest BCUT2D eigenvalue weighted by atomic mass is 9.97. The van der Waals surface area contributed by atoms with Crippen LogP contribution in [0.25, 0.3) is 34.3 Å². The Morgan fingerprint density at radius 1 is 0.800 bits per heavy atom. The zero-order valence-corrected chi connectivity index (χ0v) is 11.6. The van der Waals surface area contributed by atoms with Gasteiger partial charge in [-0.25, -0.2) is 4.98 Å². The van der Waals surface area contributed by atoms with Crippen molar-refractivity contribution in [2.24, 2.45) is 0 Å². The summed E-state index contributed by atoms with van der Waals surface area (Å²) < 4.78 is 0. The monoisotopic (exact) mass is 257 g/mol. The third-order valence-corrected chi connectivity index (χ3v) is 4.17. The molecule has 1 nitrogen and oxygen atoms in total. The zero-order valence-electron chi connectivity index (χ0n) is 11.6. The summed E-state index contributed by atoms with van der Waals surface area (Å²) in [5, 5.41) is 1.31. The van der Waals surface area contributed by atoms with Crippen LogP contribution < -0.4 is 0 Å². The molecule has 0 radical (unpaired) electrons. The summed E-state index contributed by atoms with van der Waals surface area (Å²) in [5.41, 5.74) is 8.61. The fourth-order valence-corrected chi connectivity index (χ4v) is 3.07. The van der Waals surface area contributed by atoms with Gasteiger partial charge in [0.15, 0.2) is 0 Å². The highest BCUT2D eigenvalue weighted by Crippen LogP contribution is 2.37. The lowest BCUT2D eigenvalue weighted by Crippen LogP contribution is -1.94. The van der Waals surface area contributed by atoms with E-state index >= 15 is 0 Å². The molecule has 1 aliphatic carbocycles. The Hall–Kier alpha value is -2.41. The van der Waals surface area contributed by atoms with Gasteiger partial charge < -0.3 is 0 Å². The summed E-state index contributed by atoms with van der Waals surface area (Å²) >= 11 is 0. The Morgan fingerprint density at radius 3 is 2.35 bits per heavy atom. The molecule has 0 bridgehead atoms. The Balaban J connectivity index is 2.11. The molecule has 96 valence electrons. The van der Waals surface area contributed by atoms with Gasteiger partial charge in [0.1, 0.15) is 0 Å². The molecule has 0 amide bonds. The van der Waals surface area contributed by atoms with E-state index in [0.717, 1.165) is 11.2 Å². The van der Waals surface area contributed by atoms with E-state index in [2.05, 4.69) is 62.4 Å². The van der Waals surface area contributed by atoms with Gasteiger partial charge in [0.2, 0.25) is 0 Å². The van der Waals surface area contributed by atoms with Gasteiger partial charge in [0, 0.05) is 10.9 Å². The minimum atomic E-state index is 1.09. The van der Waals surface area contributed by atoms with Gasteiger partial charge in [-0.2, -0.15) is 0 Å². The average Bonchev–Trinajstić information content (AvgIpc) is 2.93. The standard InChI is InChI=1S/C19H15N/c1-12-8-11-17-18-15(12)9-10-16(18)13(2)19(20-17)14-6-4-3-5-7-14/h3-11H,1-2H3. The van der Waals surface area contributed by atoms with Gasteiger partial charge in [-0.1, -0.05) is 48.6 Å². The second kappa shape index (κ2) is 4.04. The second-order valence-electron chi connectivity index (χ2n) is 5.39. The third-order valence-electron chi connectivity index (χ3n) is 4.17. The van der Waals surface area contributed by atoms with E-state index in [0.29, 0.717) is 0 Å². The highest BCUT2D eigenvalue weighted by atomic mass is 14.7. The second-order valence-corrected chi connectivity index (χ2v) is 5.39. The molecule has 20 heavy (non-hydrogen) atoms. The number of nitrogens with zero attached hydrogens (tertiary/aromatic N) is 1. The first-order valence-electron chi connectivity index (χ1n) is 6.93. The molecule has 3 aromatic rings. The van der Waals surface area contributed by atoms with Crippen molar-refractivity contribution in [2.45, 2.75) is 13.8 Å². The molecule has 0 spiro atoms. The Labute approximate surface area is 118 Å². The van der Waals surface area contributed by atoms with Crippen LogP contribution in [0.15, 0.2) is 42.5 Å². The predicted molar refractivity (Wildman–Crippen MR) is 85.6 cm³/mol. The largest absolute Gasteiger partial charge is 0.247 e. The minimum absolute atomic E-state index is 1.09. The van der Waals surface area contributed by atoms with Crippen LogP contribution in [0.1, 0.15) is 22.3 Å². The zero-order chi connectivity index (χ0) is 13.7. The van der Waals surface area contributed by atoms with Crippen LogP contribution in [-0.2, 0) is 0 Å². The Morgan fingerprint density at radius 2 is 1.55 bits per heavy atom. The maximum absolute atomic E-state index is 4.91. The maximum Gasteiger partial charge on any atom is 0.0744 e. The van der Waals surface area contributed by atoms with E-state index in [-0.39, 0.29) is 0 Å². The van der Waals surface area contributed by atoms with Gasteiger partial charge in [0.25, 0.3) is 0 Å². The van der Waals surface area contributed by atoms with Gasteiger partial charge in [-0.15, -0.1) is 0 Å². The van der Waals surface area contributed by atoms with Gasteiger partial charge in [-0.05, 0) is 42.2 Å². The molecule has 0 saturated heterocycles. The SMILES string of the molecule is Cc1ccc2nc(-c3ccccc3)c(C)c3c2c1C=C3. The molecule has 0 atom stereocenters. The number of hydrogen-bond donors (Lipinski definition) is 0. The Kier molecular flexibility index (Phi) is 2.31. The number of hydrogen-bond acceptors (Lipinski definition) is 1. The lowest BCUT2D eigenvalue weighted by molar-refractivity contribution is 1.31. The van der Waals surface area contributed by atoms with Crippen molar-refractivity contribution in [3.8, 4) is 11.3 Å². The van der Waals surface area contributed by atoms with Gasteiger partial charge in [-0.3, -0.25) is 0 Å². The summed E-state index contributed by atoms with van der Waals surface area (Å²) in [5.74, 6) is 0. The number of rotatable bonds is 1. The molecule has 0 fully saturated rings. The minimum Gasteiger partial charge on any atom is -0.247 e. The van der Waals surface area contributed by atoms with E-state index in [9.17, 15) is 0 Å². The van der Waals surface area contributed by atoms with Crippen LogP contribution in [0, 0.1) is 13.8 Å². The van der Waals surface area contributed by atoms with Crippen molar-refractivity contribution in [2.75, 3.05) is 0 Å². The smallest absolute Gasteiger partial charge is 0.0744 e. The van der Waals surface area contributed by atoms with E-state index in [4.69, 9.17) is 4.98 Å². The van der Waals surface area contributed by atoms with Crippen molar-refractivity contribution < 1.29 is 0 Å². The summed E-state index contributed by atoms with van der Waals surface area (Å²) in [6.07, 6.45) is 4.45. The van der Waals surface area contributed by atoms with Crippen LogP contribution in [0.2, 0.25) is 0 Å². The maximum atomic E-state index is 4.91. The summed E-state index contributed by atoms with van der Waals surface area (Å²) in [6.45, 7) is 4.33. The molecule has 2 aromatic carbocycles. The topological polar surface area (TPSA) is 12.9 Å². The molecule has 0 unspecified atom stereocenters. The first-order chi connectivity index (χ1) is 9.75. The van der Waals surface area contributed by atoms with Crippen molar-refractivity contribution in [1.82, 2.24) is 4.98 Å². The van der Waals surface area contributed by atoms with Crippen LogP contribution in [0.4, 0.5) is 0 Å². The molecular weight excluding hydrogens is 242 g/mol. The van der Waals surface area contributed by atoms with Crippen LogP contribution >= 0.6 is 0 Å². The van der Waals surface area contributed by atoms with Crippen molar-refractivity contribution in [3.63, 3.8) is 0 Å². The highest BCUT2D eigenvalue weighted by Gasteiger charge is 2.17. The van der Waals surface area contributed by atoms with Crippen molar-refractivity contribution in [1.29, 1.82) is 0 Å². The normalized spacial score (nSPS) is 12.3. The van der Waals surface area contributed by atoms with Gasteiger partial charge in [0.05, 0.1) is 11.2 Å². The molecule has 0 saturated carbocycles. The number of aromatic nitrogens is 1. The molecule has 1 aromatic heterocycles. The molecule has 1 heteroatoms. The fourth-order valence-electron chi connectivity index (χ4n) is 3.07. The number of aryl methyl sites for hydroxylation is 1. The number of benzene rings is 2. The van der Waals surface area contributed by atoms with E-state index in [1.165, 1.54) is 33.2 Å². The molecule has 4 rings (SSSR count). The average molecular weight is 257 g/mol. The first-order valence-corrected chi connectivity index (χ1v) is 6.93. The lowest BCUT2D eigenvalue weighted by Gasteiger charge is -2.12. The van der Waals surface area contributed by atoms with E-state index in [1.54, 1.807) is 0 Å². The summed E-state index contributed by atoms with van der Waals surface area (Å²) in [6, 6.07) is 14.7. The van der Waals surface area contributed by atoms with Crippen molar-refractivity contribution in [3.05, 3.63) is 64.7 Å². The van der Waals surface area contributed by atoms with Crippen molar-refractivity contribution >= 4 is 23.1 Å². The van der Waals surface area contributed by atoms with Crippen LogP contribution in [0.3, 0.4) is 0 Å².